The number of aryl methyl sites for hydroxylation is 3. The quantitative estimate of drug-likeness (QED) is 0.0812. The van der Waals surface area contributed by atoms with Crippen LogP contribution >= 0.6 is 0 Å². The number of benzene rings is 5. The van der Waals surface area contributed by atoms with Gasteiger partial charge in [0.1, 0.15) is 12.4 Å². The fourth-order valence-corrected chi connectivity index (χ4v) is 15.0. The molecule has 0 bridgehead atoms. The van der Waals surface area contributed by atoms with E-state index in [4.69, 9.17) is 4.74 Å². The predicted octanol–water partition coefficient (Wildman–Crippen LogP) is 12.8. The van der Waals surface area contributed by atoms with Crippen molar-refractivity contribution in [1.82, 2.24) is 0 Å². The topological polar surface area (TPSA) is 9.23 Å². The lowest BCUT2D eigenvalue weighted by atomic mass is 9.85. The molecule has 3 heteroatoms. The van der Waals surface area contributed by atoms with Gasteiger partial charge >= 0.3 is 0 Å². The first-order valence-corrected chi connectivity index (χ1v) is 26.7. The van der Waals surface area contributed by atoms with Crippen molar-refractivity contribution in [3.63, 3.8) is 0 Å². The highest BCUT2D eigenvalue weighted by molar-refractivity contribution is 6.92. The first kappa shape index (κ1) is 39.8. The average molecular weight is 749 g/mol. The molecule has 0 aliphatic heterocycles. The van der Waals surface area contributed by atoms with Crippen LogP contribution in [0.2, 0.25) is 26.2 Å². The maximum Gasteiger partial charge on any atom is 0.122 e. The second-order valence-corrected chi connectivity index (χ2v) is 25.2. The van der Waals surface area contributed by atoms with Crippen LogP contribution in [0.15, 0.2) is 104 Å². The summed E-state index contributed by atoms with van der Waals surface area (Å²) in [5, 5.41) is 3.00. The smallest absolute Gasteiger partial charge is 0.122 e. The van der Waals surface area contributed by atoms with Crippen molar-refractivity contribution in [3.8, 4) is 39.1 Å². The maximum absolute atomic E-state index is 6.91. The van der Waals surface area contributed by atoms with Crippen LogP contribution in [0.5, 0.6) is 5.75 Å². The summed E-state index contributed by atoms with van der Waals surface area (Å²) in [4.78, 5) is 0. The number of unbranched alkanes of at least 4 members (excludes halogenated alkanes) is 2. The zero-order valence-electron chi connectivity index (χ0n) is 35.0. The minimum absolute atomic E-state index is 0.0488. The van der Waals surface area contributed by atoms with Crippen molar-refractivity contribution in [2.24, 2.45) is 0 Å². The molecule has 0 unspecified atom stereocenters. The highest BCUT2D eigenvalue weighted by Crippen LogP contribution is 2.51. The van der Waals surface area contributed by atoms with Gasteiger partial charge in [-0.25, -0.2) is 0 Å². The van der Waals surface area contributed by atoms with Gasteiger partial charge in [0, 0.05) is 5.54 Å². The Bertz CT molecular complexity index is 1990. The van der Waals surface area contributed by atoms with Crippen LogP contribution in [0.1, 0.15) is 99.2 Å². The Morgan fingerprint density at radius 1 is 0.704 bits per heavy atom. The third-order valence-corrected chi connectivity index (χ3v) is 17.6. The number of ether oxygens (including phenoxy) is 1. The van der Waals surface area contributed by atoms with E-state index >= 15 is 0 Å². The molecule has 5 aromatic rings. The lowest BCUT2D eigenvalue weighted by Crippen LogP contribution is -2.51. The first-order valence-electron chi connectivity index (χ1n) is 20.7. The summed E-state index contributed by atoms with van der Waals surface area (Å²) in [6.45, 7) is 28.8. The largest absolute Gasteiger partial charge is 0.489 e. The van der Waals surface area contributed by atoms with Gasteiger partial charge in [-0.15, -0.1) is 0 Å². The Balaban J connectivity index is 1.57. The van der Waals surface area contributed by atoms with Gasteiger partial charge in [0.15, 0.2) is 0 Å². The number of fused-ring (bicyclic) bond motifs is 3. The molecule has 0 radical (unpaired) electrons. The van der Waals surface area contributed by atoms with Gasteiger partial charge in [0.2, 0.25) is 0 Å². The molecule has 0 saturated carbocycles. The molecule has 282 valence electrons. The van der Waals surface area contributed by atoms with E-state index in [1.807, 2.05) is 6.08 Å². The SMILES string of the molecule is C=CCOc1c([Si](C)(C)C2c3cc(-c4ccc(CCCC)cc4)ccc3-c3ccc(-c4ccc(CCCC)cc4)cc32)cc(C)c([SiH](C)C)c1C(C)(C)C. The highest BCUT2D eigenvalue weighted by atomic mass is 28.3. The van der Waals surface area contributed by atoms with Crippen LogP contribution < -0.4 is 15.1 Å². The summed E-state index contributed by atoms with van der Waals surface area (Å²) in [6.07, 6.45) is 9.12. The second kappa shape index (κ2) is 16.4. The summed E-state index contributed by atoms with van der Waals surface area (Å²) >= 11 is 0. The Morgan fingerprint density at radius 3 is 1.57 bits per heavy atom. The maximum atomic E-state index is 6.91. The van der Waals surface area contributed by atoms with Crippen LogP contribution in [0, 0.1) is 6.92 Å². The van der Waals surface area contributed by atoms with Crippen LogP contribution in [0.4, 0.5) is 0 Å². The van der Waals surface area contributed by atoms with Gasteiger partial charge in [-0.1, -0.05) is 188 Å². The van der Waals surface area contributed by atoms with E-state index in [9.17, 15) is 0 Å². The molecule has 0 amide bonds. The molecule has 0 spiro atoms. The molecular weight excluding hydrogens is 685 g/mol. The lowest BCUT2D eigenvalue weighted by Gasteiger charge is -2.38. The van der Waals surface area contributed by atoms with Gasteiger partial charge < -0.3 is 4.74 Å². The molecule has 0 saturated heterocycles. The van der Waals surface area contributed by atoms with Crippen molar-refractivity contribution in [2.45, 2.75) is 117 Å². The number of hydrogen-bond acceptors (Lipinski definition) is 1. The summed E-state index contributed by atoms with van der Waals surface area (Å²) < 4.78 is 6.91. The van der Waals surface area contributed by atoms with Crippen LogP contribution in [-0.4, -0.2) is 23.5 Å². The molecule has 0 N–H and O–H groups in total. The Hall–Kier alpha value is -3.93. The standard InChI is InChI=1S/C51H64OSi2/c1-12-15-17-36-19-23-38(24-20-36)40-27-29-42-43-30-28-41(39-25-21-37(22-26-39)18-16-13-2)34-45(43)50(44(42)33-40)54(10,11)46-32-35(4)49(53(8)9)47(51(5,6)7)48(46)52-31-14-3/h14,19-30,32-34,50,53H,3,12-13,15-18,31H2,1-2,4-11H3. The number of hydrogen-bond donors (Lipinski definition) is 0. The van der Waals surface area contributed by atoms with Crippen molar-refractivity contribution < 1.29 is 4.74 Å². The van der Waals surface area contributed by atoms with Crippen molar-refractivity contribution in [1.29, 1.82) is 0 Å². The zero-order chi connectivity index (χ0) is 38.8. The van der Waals surface area contributed by atoms with Crippen LogP contribution in [0.25, 0.3) is 33.4 Å². The summed E-state index contributed by atoms with van der Waals surface area (Å²) in [6, 6.07) is 35.8. The Labute approximate surface area is 330 Å². The average Bonchev–Trinajstić information content (AvgIpc) is 3.49. The van der Waals surface area contributed by atoms with Gasteiger partial charge in [0.25, 0.3) is 0 Å². The van der Waals surface area contributed by atoms with Crippen molar-refractivity contribution in [2.75, 3.05) is 6.61 Å². The minimum atomic E-state index is -2.38. The van der Waals surface area contributed by atoms with Gasteiger partial charge in [0.05, 0.1) is 16.9 Å². The molecule has 54 heavy (non-hydrogen) atoms. The Kier molecular flexibility index (Phi) is 12.1. The lowest BCUT2D eigenvalue weighted by molar-refractivity contribution is 0.354. The molecule has 1 aliphatic carbocycles. The monoisotopic (exact) mass is 748 g/mol. The third kappa shape index (κ3) is 7.91. The molecule has 0 fully saturated rings. The fraction of sp³-hybridized carbons (Fsp3) is 0.373. The third-order valence-electron chi connectivity index (χ3n) is 11.8. The van der Waals surface area contributed by atoms with Gasteiger partial charge in [-0.2, -0.15) is 0 Å². The molecular formula is C51H64OSi2. The summed E-state index contributed by atoms with van der Waals surface area (Å²) in [5.74, 6) is 1.13. The van der Waals surface area contributed by atoms with E-state index in [2.05, 4.69) is 165 Å². The zero-order valence-corrected chi connectivity index (χ0v) is 37.1. The van der Waals surface area contributed by atoms with Gasteiger partial charge in [-0.05, 0) is 104 Å². The molecule has 6 rings (SSSR count). The van der Waals surface area contributed by atoms with Gasteiger partial charge in [-0.3, -0.25) is 0 Å². The molecule has 1 aliphatic rings. The summed E-state index contributed by atoms with van der Waals surface area (Å²) in [5.41, 5.74) is 16.8. The molecule has 0 heterocycles. The minimum Gasteiger partial charge on any atom is -0.489 e. The first-order chi connectivity index (χ1) is 25.8. The summed E-state index contributed by atoms with van der Waals surface area (Å²) in [7, 11) is -3.56. The highest BCUT2D eigenvalue weighted by Gasteiger charge is 2.45. The van der Waals surface area contributed by atoms with Crippen molar-refractivity contribution in [3.05, 3.63) is 137 Å². The normalized spacial score (nSPS) is 12.9. The predicted molar refractivity (Wildman–Crippen MR) is 243 cm³/mol. The second-order valence-electron chi connectivity index (χ2n) is 17.7. The molecule has 1 nitrogen and oxygen atoms in total. The van der Waals surface area contributed by atoms with E-state index < -0.39 is 16.9 Å². The molecule has 0 aromatic heterocycles. The van der Waals surface area contributed by atoms with E-state index in [1.54, 1.807) is 5.19 Å². The van der Waals surface area contributed by atoms with Crippen LogP contribution in [0.3, 0.4) is 0 Å². The fourth-order valence-electron chi connectivity index (χ4n) is 9.12. The molecule has 5 aromatic carbocycles. The van der Waals surface area contributed by atoms with Crippen LogP contribution in [-0.2, 0) is 18.3 Å². The van der Waals surface area contributed by atoms with E-state index in [0.29, 0.717) is 6.61 Å². The van der Waals surface area contributed by atoms with E-state index in [0.717, 1.165) is 18.6 Å². The van der Waals surface area contributed by atoms with Crippen molar-refractivity contribution >= 4 is 27.2 Å². The van der Waals surface area contributed by atoms with E-state index in [-0.39, 0.29) is 11.0 Å². The molecule has 0 atom stereocenters. The Morgan fingerprint density at radius 2 is 1.17 bits per heavy atom. The number of rotatable bonds is 14. The van der Waals surface area contributed by atoms with E-state index in [1.165, 1.54) is 97.6 Å².